The molecule has 29 heavy (non-hydrogen) atoms. The van der Waals surface area contributed by atoms with Crippen molar-refractivity contribution in [3.8, 4) is 0 Å². The second-order valence-electron chi connectivity index (χ2n) is 7.29. The van der Waals surface area contributed by atoms with Crippen LogP contribution >= 0.6 is 0 Å². The zero-order chi connectivity index (χ0) is 20.4. The molecule has 0 bridgehead atoms. The predicted octanol–water partition coefficient (Wildman–Crippen LogP) is 4.53. The Bertz CT molecular complexity index is 1020. The molecule has 0 unspecified atom stereocenters. The summed E-state index contributed by atoms with van der Waals surface area (Å²) in [6.45, 7) is 0. The van der Waals surface area contributed by atoms with Crippen LogP contribution in [0.25, 0.3) is 0 Å². The van der Waals surface area contributed by atoms with Gasteiger partial charge in [-0.25, -0.2) is 8.42 Å². The SMILES string of the molecule is O=[N+]([O-])c1ccc(S(=O)(=O)N2O[C@H](C3=CCCCC3)C[C@@H]2c2ccccc2)cc1. The molecule has 152 valence electrons. The van der Waals surface area contributed by atoms with Gasteiger partial charge in [-0.05, 0) is 49.0 Å². The summed E-state index contributed by atoms with van der Waals surface area (Å²) < 4.78 is 27.8. The Morgan fingerprint density at radius 3 is 2.38 bits per heavy atom. The fraction of sp³-hybridized carbons (Fsp3) is 0.333. The summed E-state index contributed by atoms with van der Waals surface area (Å²) in [6.07, 6.45) is 6.55. The van der Waals surface area contributed by atoms with E-state index in [9.17, 15) is 18.5 Å². The molecular formula is C21H22N2O5S. The number of hydroxylamine groups is 1. The van der Waals surface area contributed by atoms with Crippen LogP contribution in [0.3, 0.4) is 0 Å². The van der Waals surface area contributed by atoms with E-state index in [0.29, 0.717) is 6.42 Å². The van der Waals surface area contributed by atoms with Crippen LogP contribution in [0.15, 0.2) is 71.1 Å². The Morgan fingerprint density at radius 2 is 1.76 bits per heavy atom. The molecule has 1 saturated heterocycles. The van der Waals surface area contributed by atoms with E-state index in [4.69, 9.17) is 4.84 Å². The quantitative estimate of drug-likeness (QED) is 0.407. The highest BCUT2D eigenvalue weighted by Crippen LogP contribution is 2.42. The van der Waals surface area contributed by atoms with E-state index >= 15 is 0 Å². The van der Waals surface area contributed by atoms with Gasteiger partial charge in [-0.2, -0.15) is 0 Å². The van der Waals surface area contributed by atoms with Crippen molar-refractivity contribution in [3.63, 3.8) is 0 Å². The average Bonchev–Trinajstić information content (AvgIpc) is 3.21. The van der Waals surface area contributed by atoms with Gasteiger partial charge < -0.3 is 0 Å². The topological polar surface area (TPSA) is 89.8 Å². The van der Waals surface area contributed by atoms with Crippen LogP contribution in [0.1, 0.15) is 43.7 Å². The van der Waals surface area contributed by atoms with E-state index in [1.807, 2.05) is 30.3 Å². The lowest BCUT2D eigenvalue weighted by Gasteiger charge is -2.23. The fourth-order valence-electron chi connectivity index (χ4n) is 3.91. The summed E-state index contributed by atoms with van der Waals surface area (Å²) in [4.78, 5) is 16.3. The number of rotatable bonds is 5. The summed E-state index contributed by atoms with van der Waals surface area (Å²) in [6, 6.07) is 13.9. The molecule has 1 aliphatic heterocycles. The van der Waals surface area contributed by atoms with Crippen molar-refractivity contribution in [2.75, 3.05) is 0 Å². The molecular weight excluding hydrogens is 392 g/mol. The van der Waals surface area contributed by atoms with Gasteiger partial charge in [0.05, 0.1) is 15.9 Å². The van der Waals surface area contributed by atoms with Crippen LogP contribution < -0.4 is 0 Å². The van der Waals surface area contributed by atoms with E-state index in [0.717, 1.165) is 41.3 Å². The molecule has 8 heteroatoms. The highest BCUT2D eigenvalue weighted by Gasteiger charge is 2.44. The van der Waals surface area contributed by atoms with Crippen LogP contribution in [0.4, 0.5) is 5.69 Å². The van der Waals surface area contributed by atoms with Crippen LogP contribution in [0.2, 0.25) is 0 Å². The smallest absolute Gasteiger partial charge is 0.269 e. The Labute approximate surface area is 169 Å². The number of non-ortho nitro benzene ring substituents is 1. The maximum absolute atomic E-state index is 13.3. The average molecular weight is 414 g/mol. The molecule has 0 N–H and O–H groups in total. The number of benzene rings is 2. The molecule has 0 radical (unpaired) electrons. The first-order valence-corrected chi connectivity index (χ1v) is 11.1. The predicted molar refractivity (Wildman–Crippen MR) is 107 cm³/mol. The van der Waals surface area contributed by atoms with E-state index < -0.39 is 21.0 Å². The van der Waals surface area contributed by atoms with Gasteiger partial charge in [0.15, 0.2) is 0 Å². The van der Waals surface area contributed by atoms with Crippen molar-refractivity contribution >= 4 is 15.7 Å². The molecule has 2 aromatic rings. The molecule has 0 aromatic heterocycles. The molecule has 2 atom stereocenters. The monoisotopic (exact) mass is 414 g/mol. The van der Waals surface area contributed by atoms with Gasteiger partial charge >= 0.3 is 0 Å². The second-order valence-corrected chi connectivity index (χ2v) is 9.07. The number of nitro benzene ring substituents is 1. The van der Waals surface area contributed by atoms with Gasteiger partial charge in [0.25, 0.3) is 15.7 Å². The number of nitrogens with zero attached hydrogens (tertiary/aromatic N) is 2. The molecule has 7 nitrogen and oxygen atoms in total. The minimum Gasteiger partial charge on any atom is -0.276 e. The Hall–Kier alpha value is -2.55. The van der Waals surface area contributed by atoms with Gasteiger partial charge in [0, 0.05) is 18.6 Å². The minimum absolute atomic E-state index is 0.0256. The highest BCUT2D eigenvalue weighted by molar-refractivity contribution is 7.89. The summed E-state index contributed by atoms with van der Waals surface area (Å²) in [7, 11) is -3.99. The first kappa shape index (κ1) is 19.8. The Kier molecular flexibility index (Phi) is 5.49. The molecule has 0 saturated carbocycles. The van der Waals surface area contributed by atoms with Crippen LogP contribution in [0, 0.1) is 10.1 Å². The highest BCUT2D eigenvalue weighted by atomic mass is 32.2. The summed E-state index contributed by atoms with van der Waals surface area (Å²) >= 11 is 0. The zero-order valence-electron chi connectivity index (χ0n) is 15.8. The molecule has 2 aliphatic rings. The first-order chi connectivity index (χ1) is 14.0. The van der Waals surface area contributed by atoms with Crippen molar-refractivity contribution in [1.29, 1.82) is 0 Å². The summed E-state index contributed by atoms with van der Waals surface area (Å²) in [5.74, 6) is 0. The zero-order valence-corrected chi connectivity index (χ0v) is 16.6. The van der Waals surface area contributed by atoms with Crippen LogP contribution in [-0.4, -0.2) is 23.9 Å². The van der Waals surface area contributed by atoms with Gasteiger partial charge in [-0.3, -0.25) is 15.0 Å². The third-order valence-corrected chi connectivity index (χ3v) is 7.11. The third-order valence-electron chi connectivity index (χ3n) is 5.43. The van der Waals surface area contributed by atoms with Crippen molar-refractivity contribution in [2.24, 2.45) is 0 Å². The molecule has 2 aromatic carbocycles. The van der Waals surface area contributed by atoms with Crippen molar-refractivity contribution in [2.45, 2.75) is 49.1 Å². The standard InChI is InChI=1S/C21H22N2O5S/c24-22(25)18-11-13-19(14-12-18)29(26,27)23-20(16-7-3-1-4-8-16)15-21(28-23)17-9-5-2-6-10-17/h1,3-4,7-9,11-14,20-21H,2,5-6,10,15H2/t20-,21+/m1/s1. The lowest BCUT2D eigenvalue weighted by atomic mass is 9.91. The van der Waals surface area contributed by atoms with Gasteiger partial charge in [0.2, 0.25) is 0 Å². The molecule has 4 rings (SSSR count). The first-order valence-electron chi connectivity index (χ1n) is 9.66. The van der Waals surface area contributed by atoms with E-state index in [2.05, 4.69) is 6.08 Å². The lowest BCUT2D eigenvalue weighted by Crippen LogP contribution is -2.30. The molecule has 0 spiro atoms. The van der Waals surface area contributed by atoms with E-state index in [1.54, 1.807) is 0 Å². The fourth-order valence-corrected chi connectivity index (χ4v) is 5.35. The lowest BCUT2D eigenvalue weighted by molar-refractivity contribution is -0.384. The van der Waals surface area contributed by atoms with Gasteiger partial charge in [-0.15, -0.1) is 0 Å². The summed E-state index contributed by atoms with van der Waals surface area (Å²) in [5, 5.41) is 10.9. The van der Waals surface area contributed by atoms with Gasteiger partial charge in [0.1, 0.15) is 6.10 Å². The van der Waals surface area contributed by atoms with Crippen LogP contribution in [0.5, 0.6) is 0 Å². The second kappa shape index (κ2) is 8.06. The number of nitro groups is 1. The Morgan fingerprint density at radius 1 is 1.03 bits per heavy atom. The van der Waals surface area contributed by atoms with Crippen molar-refractivity contribution in [1.82, 2.24) is 4.47 Å². The van der Waals surface area contributed by atoms with E-state index in [1.165, 1.54) is 24.3 Å². The van der Waals surface area contributed by atoms with Crippen LogP contribution in [-0.2, 0) is 14.9 Å². The van der Waals surface area contributed by atoms with Gasteiger partial charge in [-0.1, -0.05) is 40.9 Å². The maximum Gasteiger partial charge on any atom is 0.269 e. The van der Waals surface area contributed by atoms with Crippen molar-refractivity contribution in [3.05, 3.63) is 81.9 Å². The van der Waals surface area contributed by atoms with E-state index in [-0.39, 0.29) is 16.7 Å². The molecule has 0 amide bonds. The van der Waals surface area contributed by atoms with Crippen molar-refractivity contribution < 1.29 is 18.2 Å². The third kappa shape index (κ3) is 3.96. The summed E-state index contributed by atoms with van der Waals surface area (Å²) in [5.41, 5.74) is 1.85. The number of hydrogen-bond acceptors (Lipinski definition) is 5. The molecule has 1 fully saturated rings. The maximum atomic E-state index is 13.3. The largest absolute Gasteiger partial charge is 0.276 e. The number of sulfonamides is 1. The molecule has 1 heterocycles. The Balaban J connectivity index is 1.69. The minimum atomic E-state index is -3.99. The number of hydrogen-bond donors (Lipinski definition) is 0. The molecule has 1 aliphatic carbocycles. The normalized spacial score (nSPS) is 23.0. The number of allylic oxidation sites excluding steroid dienone is 1.